The molecule has 0 aliphatic carbocycles. The van der Waals surface area contributed by atoms with Crippen molar-refractivity contribution < 1.29 is 4.74 Å². The van der Waals surface area contributed by atoms with Crippen LogP contribution in [0.4, 0.5) is 0 Å². The van der Waals surface area contributed by atoms with Crippen LogP contribution in [-0.4, -0.2) is 39.2 Å². The Kier molecular flexibility index (Phi) is 4.33. The third-order valence-electron chi connectivity index (χ3n) is 3.39. The van der Waals surface area contributed by atoms with Gasteiger partial charge in [-0.25, -0.2) is 9.97 Å². The predicted molar refractivity (Wildman–Crippen MR) is 82.7 cm³/mol. The van der Waals surface area contributed by atoms with Crippen molar-refractivity contribution in [3.63, 3.8) is 0 Å². The van der Waals surface area contributed by atoms with Gasteiger partial charge in [0.05, 0.1) is 24.5 Å². The summed E-state index contributed by atoms with van der Waals surface area (Å²) in [7, 11) is 1.71. The number of hydrogen-bond acceptors (Lipinski definition) is 5. The molecule has 0 saturated carbocycles. The van der Waals surface area contributed by atoms with E-state index in [1.54, 1.807) is 18.4 Å². The molecule has 0 unspecified atom stereocenters. The Hall–Kier alpha value is -1.70. The van der Waals surface area contributed by atoms with E-state index in [0.717, 1.165) is 36.1 Å². The minimum atomic E-state index is 0.713. The van der Waals surface area contributed by atoms with Crippen LogP contribution in [0, 0.1) is 6.92 Å². The number of aromatic nitrogens is 4. The van der Waals surface area contributed by atoms with E-state index in [4.69, 9.17) is 4.74 Å². The molecule has 0 bridgehead atoms. The smallest absolute Gasteiger partial charge is 0.193 e. The lowest BCUT2D eigenvalue weighted by Gasteiger charge is -2.09. The second kappa shape index (κ2) is 6.38. The van der Waals surface area contributed by atoms with Gasteiger partial charge >= 0.3 is 0 Å². The van der Waals surface area contributed by atoms with E-state index in [9.17, 15) is 0 Å². The standard InChI is InChI=1S/C14H19N5OS/c1-11-16-8-13(7-15-3-5-20-2)19(11)10-12-9-18-4-6-21-14(18)17-12/h4,6,8-9,15H,3,5,7,10H2,1-2H3. The molecule has 3 aromatic rings. The number of imidazole rings is 2. The second-order valence-corrected chi connectivity index (χ2v) is 5.75. The summed E-state index contributed by atoms with van der Waals surface area (Å²) in [6.07, 6.45) is 6.03. The highest BCUT2D eigenvalue weighted by molar-refractivity contribution is 7.15. The minimum absolute atomic E-state index is 0.713. The van der Waals surface area contributed by atoms with Crippen LogP contribution in [-0.2, 0) is 17.8 Å². The minimum Gasteiger partial charge on any atom is -0.383 e. The molecule has 6 nitrogen and oxygen atoms in total. The lowest BCUT2D eigenvalue weighted by molar-refractivity contribution is 0.199. The fourth-order valence-corrected chi connectivity index (χ4v) is 3.00. The van der Waals surface area contributed by atoms with Crippen molar-refractivity contribution in [2.45, 2.75) is 20.0 Å². The molecule has 3 aromatic heterocycles. The van der Waals surface area contributed by atoms with Gasteiger partial charge in [-0.2, -0.15) is 0 Å². The average Bonchev–Trinajstić information content (AvgIpc) is 3.13. The molecule has 3 rings (SSSR count). The normalized spacial score (nSPS) is 11.5. The number of aryl methyl sites for hydroxylation is 1. The average molecular weight is 305 g/mol. The quantitative estimate of drug-likeness (QED) is 0.675. The zero-order valence-corrected chi connectivity index (χ0v) is 13.1. The van der Waals surface area contributed by atoms with E-state index in [1.165, 1.54) is 5.69 Å². The first-order valence-corrected chi connectivity index (χ1v) is 7.77. The molecule has 0 saturated heterocycles. The van der Waals surface area contributed by atoms with Gasteiger partial charge in [0.2, 0.25) is 0 Å². The number of ether oxygens (including phenoxy) is 1. The van der Waals surface area contributed by atoms with Gasteiger partial charge < -0.3 is 14.6 Å². The molecule has 0 amide bonds. The molecule has 0 aromatic carbocycles. The Morgan fingerprint density at radius 1 is 1.43 bits per heavy atom. The maximum atomic E-state index is 5.04. The fraction of sp³-hybridized carbons (Fsp3) is 0.429. The summed E-state index contributed by atoms with van der Waals surface area (Å²) in [5.74, 6) is 1.01. The van der Waals surface area contributed by atoms with Crippen LogP contribution in [0.1, 0.15) is 17.2 Å². The van der Waals surface area contributed by atoms with Crippen LogP contribution in [0.5, 0.6) is 0 Å². The molecule has 3 heterocycles. The van der Waals surface area contributed by atoms with Gasteiger partial charge in [-0.1, -0.05) is 0 Å². The molecule has 1 N–H and O–H groups in total. The Morgan fingerprint density at radius 3 is 3.14 bits per heavy atom. The molecule has 112 valence electrons. The van der Waals surface area contributed by atoms with Crippen LogP contribution < -0.4 is 5.32 Å². The number of fused-ring (bicyclic) bond motifs is 1. The molecule has 0 aliphatic rings. The van der Waals surface area contributed by atoms with Crippen LogP contribution in [0.3, 0.4) is 0 Å². The molecule has 0 atom stereocenters. The van der Waals surface area contributed by atoms with Crippen LogP contribution >= 0.6 is 11.3 Å². The molecular weight excluding hydrogens is 286 g/mol. The summed E-state index contributed by atoms with van der Waals surface area (Å²) in [5.41, 5.74) is 2.22. The number of thiazole rings is 1. The van der Waals surface area contributed by atoms with Crippen LogP contribution in [0.15, 0.2) is 24.0 Å². The van der Waals surface area contributed by atoms with Gasteiger partial charge in [0.1, 0.15) is 5.82 Å². The molecular formula is C14H19N5OS. The number of methoxy groups -OCH3 is 1. The van der Waals surface area contributed by atoms with Crippen molar-refractivity contribution >= 4 is 16.3 Å². The van der Waals surface area contributed by atoms with Gasteiger partial charge in [0.15, 0.2) is 4.96 Å². The zero-order chi connectivity index (χ0) is 14.7. The van der Waals surface area contributed by atoms with E-state index < -0.39 is 0 Å². The lowest BCUT2D eigenvalue weighted by Crippen LogP contribution is -2.21. The van der Waals surface area contributed by atoms with Crippen molar-refractivity contribution in [1.29, 1.82) is 0 Å². The molecule has 0 fully saturated rings. The third-order valence-corrected chi connectivity index (χ3v) is 4.16. The highest BCUT2D eigenvalue weighted by Gasteiger charge is 2.09. The summed E-state index contributed by atoms with van der Waals surface area (Å²) in [4.78, 5) is 10.1. The number of rotatable bonds is 7. The van der Waals surface area contributed by atoms with Crippen LogP contribution in [0.25, 0.3) is 4.96 Å². The molecule has 7 heteroatoms. The summed E-state index contributed by atoms with van der Waals surface area (Å²) in [6, 6.07) is 0. The van der Waals surface area contributed by atoms with Gasteiger partial charge in [0, 0.05) is 44.2 Å². The van der Waals surface area contributed by atoms with Crippen LogP contribution in [0.2, 0.25) is 0 Å². The molecule has 0 aliphatic heterocycles. The van der Waals surface area contributed by atoms with E-state index in [0.29, 0.717) is 6.61 Å². The summed E-state index contributed by atoms with van der Waals surface area (Å²) in [5, 5.41) is 5.40. The Balaban J connectivity index is 1.72. The number of hydrogen-bond donors (Lipinski definition) is 1. The molecule has 21 heavy (non-hydrogen) atoms. The zero-order valence-electron chi connectivity index (χ0n) is 12.2. The first-order valence-electron chi connectivity index (χ1n) is 6.89. The van der Waals surface area contributed by atoms with E-state index in [1.807, 2.05) is 24.7 Å². The monoisotopic (exact) mass is 305 g/mol. The molecule has 0 spiro atoms. The van der Waals surface area contributed by atoms with E-state index in [2.05, 4.69) is 30.4 Å². The largest absolute Gasteiger partial charge is 0.383 e. The van der Waals surface area contributed by atoms with Gasteiger partial charge in [0.25, 0.3) is 0 Å². The topological polar surface area (TPSA) is 56.4 Å². The van der Waals surface area contributed by atoms with Gasteiger partial charge in [-0.15, -0.1) is 11.3 Å². The van der Waals surface area contributed by atoms with Crippen molar-refractivity contribution in [2.75, 3.05) is 20.3 Å². The number of nitrogens with zero attached hydrogens (tertiary/aromatic N) is 4. The second-order valence-electron chi connectivity index (χ2n) is 4.88. The summed E-state index contributed by atoms with van der Waals surface area (Å²) < 4.78 is 9.30. The summed E-state index contributed by atoms with van der Waals surface area (Å²) in [6.45, 7) is 5.11. The Labute approximate surface area is 127 Å². The fourth-order valence-electron chi connectivity index (χ4n) is 2.28. The van der Waals surface area contributed by atoms with Crippen molar-refractivity contribution in [3.8, 4) is 0 Å². The highest BCUT2D eigenvalue weighted by Crippen LogP contribution is 2.14. The first-order chi connectivity index (χ1) is 10.3. The Bertz CT molecular complexity index is 685. The third kappa shape index (κ3) is 3.15. The van der Waals surface area contributed by atoms with Crippen molar-refractivity contribution in [3.05, 3.63) is 41.2 Å². The number of nitrogens with one attached hydrogen (secondary N) is 1. The van der Waals surface area contributed by atoms with Gasteiger partial charge in [-0.3, -0.25) is 4.40 Å². The van der Waals surface area contributed by atoms with Gasteiger partial charge in [-0.05, 0) is 6.92 Å². The molecule has 0 radical (unpaired) electrons. The predicted octanol–water partition coefficient (Wildman–Crippen LogP) is 1.69. The highest BCUT2D eigenvalue weighted by atomic mass is 32.1. The SMILES string of the molecule is COCCNCc1cnc(C)n1Cc1cn2ccsc2n1. The lowest BCUT2D eigenvalue weighted by atomic mass is 10.4. The maximum absolute atomic E-state index is 5.04. The van der Waals surface area contributed by atoms with E-state index in [-0.39, 0.29) is 0 Å². The van der Waals surface area contributed by atoms with Crippen molar-refractivity contribution in [1.82, 2.24) is 24.3 Å². The maximum Gasteiger partial charge on any atom is 0.193 e. The van der Waals surface area contributed by atoms with E-state index >= 15 is 0 Å². The van der Waals surface area contributed by atoms with Crippen molar-refractivity contribution in [2.24, 2.45) is 0 Å². The first kappa shape index (κ1) is 14.2. The summed E-state index contributed by atoms with van der Waals surface area (Å²) >= 11 is 1.65. The Morgan fingerprint density at radius 2 is 2.33 bits per heavy atom.